The van der Waals surface area contributed by atoms with E-state index in [0.29, 0.717) is 6.04 Å². The largest absolute Gasteiger partial charge is 0.496 e. The van der Waals surface area contributed by atoms with Crippen LogP contribution in [0.4, 0.5) is 0 Å². The van der Waals surface area contributed by atoms with Crippen LogP contribution in [0.2, 0.25) is 0 Å². The van der Waals surface area contributed by atoms with Crippen LogP contribution in [-0.4, -0.2) is 44.8 Å². The molecule has 0 saturated heterocycles. The second kappa shape index (κ2) is 10.8. The summed E-state index contributed by atoms with van der Waals surface area (Å²) < 4.78 is 11.4. The molecule has 4 heteroatoms. The standard InChI is InChI=1S/C21H36N2O2/c1-4-13-23(14-8-6-5-7-12-22)18-15-17-10-9-11-19(24-2)21(17)20(16-18)25-3/h9-11,18,20H,4-8,12-16,22H2,1-3H3/t18-,20-/m0/s1. The number of fused-ring (bicyclic) bond motifs is 1. The van der Waals surface area contributed by atoms with Gasteiger partial charge >= 0.3 is 0 Å². The summed E-state index contributed by atoms with van der Waals surface area (Å²) in [4.78, 5) is 2.68. The van der Waals surface area contributed by atoms with Crippen molar-refractivity contribution in [1.82, 2.24) is 4.90 Å². The number of hydrogen-bond acceptors (Lipinski definition) is 4. The van der Waals surface area contributed by atoms with Crippen molar-refractivity contribution in [3.63, 3.8) is 0 Å². The molecule has 0 unspecified atom stereocenters. The van der Waals surface area contributed by atoms with E-state index in [9.17, 15) is 0 Å². The Labute approximate surface area is 153 Å². The molecule has 142 valence electrons. The van der Waals surface area contributed by atoms with Crippen LogP contribution in [0.5, 0.6) is 5.75 Å². The monoisotopic (exact) mass is 348 g/mol. The lowest BCUT2D eigenvalue weighted by Gasteiger charge is -2.38. The molecule has 2 N–H and O–H groups in total. The maximum atomic E-state index is 5.86. The zero-order valence-corrected chi connectivity index (χ0v) is 16.3. The third kappa shape index (κ3) is 5.44. The van der Waals surface area contributed by atoms with Crippen LogP contribution in [0.1, 0.15) is 62.7 Å². The highest BCUT2D eigenvalue weighted by Crippen LogP contribution is 2.39. The molecule has 2 rings (SSSR count). The van der Waals surface area contributed by atoms with Crippen molar-refractivity contribution in [3.8, 4) is 5.75 Å². The Morgan fingerprint density at radius 2 is 1.92 bits per heavy atom. The molecule has 0 aliphatic heterocycles. The predicted molar refractivity (Wildman–Crippen MR) is 104 cm³/mol. The summed E-state index contributed by atoms with van der Waals surface area (Å²) in [5.74, 6) is 0.964. The number of ether oxygens (including phenoxy) is 2. The molecule has 0 saturated carbocycles. The van der Waals surface area contributed by atoms with E-state index in [1.807, 2.05) is 13.2 Å². The molecule has 2 atom stereocenters. The molecule has 1 aromatic rings. The highest BCUT2D eigenvalue weighted by Gasteiger charge is 2.32. The summed E-state index contributed by atoms with van der Waals surface area (Å²) in [5.41, 5.74) is 8.23. The molecule has 0 bridgehead atoms. The van der Waals surface area contributed by atoms with E-state index in [1.165, 1.54) is 43.4 Å². The van der Waals surface area contributed by atoms with Crippen molar-refractivity contribution in [2.75, 3.05) is 33.9 Å². The maximum Gasteiger partial charge on any atom is 0.124 e. The van der Waals surface area contributed by atoms with Crippen molar-refractivity contribution in [2.24, 2.45) is 5.73 Å². The average molecular weight is 349 g/mol. The highest BCUT2D eigenvalue weighted by atomic mass is 16.5. The van der Waals surface area contributed by atoms with Gasteiger partial charge in [0.1, 0.15) is 5.75 Å². The number of nitrogens with two attached hydrogens (primary N) is 1. The van der Waals surface area contributed by atoms with E-state index < -0.39 is 0 Å². The Morgan fingerprint density at radius 1 is 1.12 bits per heavy atom. The summed E-state index contributed by atoms with van der Waals surface area (Å²) in [6.07, 6.45) is 8.41. The highest BCUT2D eigenvalue weighted by molar-refractivity contribution is 5.44. The number of benzene rings is 1. The van der Waals surface area contributed by atoms with E-state index >= 15 is 0 Å². The Morgan fingerprint density at radius 3 is 2.60 bits per heavy atom. The number of hydrogen-bond donors (Lipinski definition) is 1. The first-order valence-corrected chi connectivity index (χ1v) is 9.87. The molecule has 0 amide bonds. The van der Waals surface area contributed by atoms with E-state index in [2.05, 4.69) is 24.0 Å². The molecule has 0 radical (unpaired) electrons. The van der Waals surface area contributed by atoms with Gasteiger partial charge in [0.25, 0.3) is 0 Å². The maximum absolute atomic E-state index is 5.86. The zero-order chi connectivity index (χ0) is 18.1. The van der Waals surface area contributed by atoms with Crippen molar-refractivity contribution >= 4 is 0 Å². The predicted octanol–water partition coefficient (Wildman–Crippen LogP) is 3.93. The van der Waals surface area contributed by atoms with Gasteiger partial charge in [0, 0.05) is 18.7 Å². The van der Waals surface area contributed by atoms with E-state index in [4.69, 9.17) is 15.2 Å². The second-order valence-electron chi connectivity index (χ2n) is 7.09. The summed E-state index contributed by atoms with van der Waals surface area (Å²) in [6, 6.07) is 6.94. The Balaban J connectivity index is 2.06. The lowest BCUT2D eigenvalue weighted by Crippen LogP contribution is -2.41. The molecule has 1 aromatic carbocycles. The van der Waals surface area contributed by atoms with E-state index in [1.54, 1.807) is 7.11 Å². The van der Waals surface area contributed by atoms with Crippen LogP contribution in [0.3, 0.4) is 0 Å². The van der Waals surface area contributed by atoms with Gasteiger partial charge in [0.05, 0.1) is 13.2 Å². The SMILES string of the molecule is CCCN(CCCCCCN)[C@H]1Cc2cccc(OC)c2[C@@H](OC)C1. The van der Waals surface area contributed by atoms with Crippen molar-refractivity contribution in [1.29, 1.82) is 0 Å². The first-order chi connectivity index (χ1) is 12.2. The number of rotatable bonds is 11. The van der Waals surface area contributed by atoms with Crippen molar-refractivity contribution in [3.05, 3.63) is 29.3 Å². The lowest BCUT2D eigenvalue weighted by molar-refractivity contribution is 0.0468. The molecule has 1 aliphatic carbocycles. The summed E-state index contributed by atoms with van der Waals surface area (Å²) >= 11 is 0. The summed E-state index contributed by atoms with van der Waals surface area (Å²) in [6.45, 7) is 5.43. The van der Waals surface area contributed by atoms with Gasteiger partial charge in [-0.1, -0.05) is 31.9 Å². The lowest BCUT2D eigenvalue weighted by atomic mass is 9.84. The minimum atomic E-state index is 0.126. The fourth-order valence-electron chi connectivity index (χ4n) is 4.08. The molecule has 25 heavy (non-hydrogen) atoms. The number of unbranched alkanes of at least 4 members (excludes halogenated alkanes) is 3. The molecular weight excluding hydrogens is 312 g/mol. The van der Waals surface area contributed by atoms with Gasteiger partial charge in [-0.3, -0.25) is 4.90 Å². The molecule has 0 fully saturated rings. The Hall–Kier alpha value is -1.10. The number of nitrogens with zero attached hydrogens (tertiary/aromatic N) is 1. The van der Waals surface area contributed by atoms with Gasteiger partial charge in [0.15, 0.2) is 0 Å². The number of methoxy groups -OCH3 is 2. The van der Waals surface area contributed by atoms with Crippen LogP contribution in [0.25, 0.3) is 0 Å². The minimum absolute atomic E-state index is 0.126. The molecule has 0 heterocycles. The van der Waals surface area contributed by atoms with Crippen LogP contribution in [0.15, 0.2) is 18.2 Å². The first-order valence-electron chi connectivity index (χ1n) is 9.87. The van der Waals surface area contributed by atoms with Gasteiger partial charge in [-0.05, 0) is 63.4 Å². The van der Waals surface area contributed by atoms with Gasteiger partial charge in [-0.25, -0.2) is 0 Å². The fraction of sp³-hybridized carbons (Fsp3) is 0.714. The third-order valence-corrected chi connectivity index (χ3v) is 5.35. The van der Waals surface area contributed by atoms with Crippen LogP contribution in [0, 0.1) is 0 Å². The molecule has 4 nitrogen and oxygen atoms in total. The van der Waals surface area contributed by atoms with Crippen LogP contribution in [-0.2, 0) is 11.2 Å². The van der Waals surface area contributed by atoms with Gasteiger partial charge in [0.2, 0.25) is 0 Å². The Kier molecular flexibility index (Phi) is 8.73. The van der Waals surface area contributed by atoms with Crippen molar-refractivity contribution in [2.45, 2.75) is 64.0 Å². The van der Waals surface area contributed by atoms with E-state index in [0.717, 1.165) is 38.1 Å². The molecule has 1 aliphatic rings. The zero-order valence-electron chi connectivity index (χ0n) is 16.3. The quantitative estimate of drug-likeness (QED) is 0.616. The smallest absolute Gasteiger partial charge is 0.124 e. The minimum Gasteiger partial charge on any atom is -0.496 e. The van der Waals surface area contributed by atoms with E-state index in [-0.39, 0.29) is 6.10 Å². The normalized spacial score (nSPS) is 19.9. The third-order valence-electron chi connectivity index (χ3n) is 5.35. The van der Waals surface area contributed by atoms with Crippen LogP contribution >= 0.6 is 0 Å². The average Bonchev–Trinajstić information content (AvgIpc) is 2.65. The summed E-state index contributed by atoms with van der Waals surface area (Å²) in [7, 11) is 3.57. The summed E-state index contributed by atoms with van der Waals surface area (Å²) in [5, 5.41) is 0. The topological polar surface area (TPSA) is 47.7 Å². The molecule has 0 aromatic heterocycles. The van der Waals surface area contributed by atoms with Gasteiger partial charge in [-0.15, -0.1) is 0 Å². The van der Waals surface area contributed by atoms with Crippen LogP contribution < -0.4 is 10.5 Å². The Bertz CT molecular complexity index is 507. The first kappa shape index (κ1) is 20.2. The fourth-order valence-corrected chi connectivity index (χ4v) is 4.08. The van der Waals surface area contributed by atoms with Gasteiger partial charge in [-0.2, -0.15) is 0 Å². The van der Waals surface area contributed by atoms with Crippen molar-refractivity contribution < 1.29 is 9.47 Å². The molecular formula is C21H36N2O2. The molecule has 0 spiro atoms. The second-order valence-corrected chi connectivity index (χ2v) is 7.09. The van der Waals surface area contributed by atoms with Gasteiger partial charge < -0.3 is 15.2 Å².